The fraction of sp³-hybridized carbons (Fsp3) is 0.625. The van der Waals surface area contributed by atoms with Gasteiger partial charge in [-0.25, -0.2) is 8.42 Å². The van der Waals surface area contributed by atoms with Crippen molar-refractivity contribution in [1.82, 2.24) is 5.32 Å². The van der Waals surface area contributed by atoms with Gasteiger partial charge >= 0.3 is 0 Å². The number of rotatable bonds is 6. The number of hydrogen-bond donors (Lipinski definition) is 1. The van der Waals surface area contributed by atoms with Crippen LogP contribution in [0.5, 0.6) is 5.75 Å². The lowest BCUT2D eigenvalue weighted by molar-refractivity contribution is 0.291. The number of benzene rings is 1. The van der Waals surface area contributed by atoms with Gasteiger partial charge in [-0.1, -0.05) is 26.8 Å². The molecule has 1 aliphatic rings. The molecule has 5 heteroatoms. The maximum atomic E-state index is 11.7. The molecule has 0 amide bonds. The summed E-state index contributed by atoms with van der Waals surface area (Å²) >= 11 is 0. The topological polar surface area (TPSA) is 55.4 Å². The van der Waals surface area contributed by atoms with Crippen LogP contribution < -0.4 is 10.1 Å². The smallest absolute Gasteiger partial charge is 0.149 e. The van der Waals surface area contributed by atoms with Crippen LogP contribution >= 0.6 is 0 Å². The largest absolute Gasteiger partial charge is 0.492 e. The minimum atomic E-state index is -3.04. The van der Waals surface area contributed by atoms with Crippen LogP contribution in [0.4, 0.5) is 0 Å². The molecule has 4 nitrogen and oxygen atoms in total. The highest BCUT2D eigenvalue weighted by Gasteiger charge is 2.32. The first-order valence-corrected chi connectivity index (χ1v) is 9.47. The summed E-state index contributed by atoms with van der Waals surface area (Å²) in [5, 5.41) is 3.34. The molecule has 1 heterocycles. The third-order valence-electron chi connectivity index (χ3n) is 3.83. The number of hydrogen-bond acceptors (Lipinski definition) is 4. The molecule has 0 saturated carbocycles. The second kappa shape index (κ2) is 5.97. The Bertz CT molecular complexity index is 608. The van der Waals surface area contributed by atoms with Crippen LogP contribution in [0.15, 0.2) is 18.2 Å². The van der Waals surface area contributed by atoms with Crippen molar-refractivity contribution in [2.45, 2.75) is 38.6 Å². The second-order valence-corrected chi connectivity index (χ2v) is 8.71. The van der Waals surface area contributed by atoms with E-state index in [2.05, 4.69) is 32.2 Å². The highest BCUT2D eigenvalue weighted by molar-refractivity contribution is 7.90. The van der Waals surface area contributed by atoms with Crippen LogP contribution in [0.25, 0.3) is 0 Å². The Hall–Kier alpha value is -1.07. The number of fused-ring (bicyclic) bond motifs is 1. The van der Waals surface area contributed by atoms with Crippen molar-refractivity contribution in [3.8, 4) is 5.75 Å². The molecule has 0 spiro atoms. The first-order valence-electron chi connectivity index (χ1n) is 7.41. The van der Waals surface area contributed by atoms with Gasteiger partial charge in [0.15, 0.2) is 0 Å². The molecule has 1 aromatic carbocycles. The Morgan fingerprint density at radius 1 is 1.38 bits per heavy atom. The van der Waals surface area contributed by atoms with Gasteiger partial charge in [0.2, 0.25) is 0 Å². The third kappa shape index (κ3) is 3.98. The highest BCUT2D eigenvalue weighted by atomic mass is 32.2. The van der Waals surface area contributed by atoms with Crippen molar-refractivity contribution in [2.24, 2.45) is 0 Å². The summed E-state index contributed by atoms with van der Waals surface area (Å²) in [4.78, 5) is 0. The molecule has 1 unspecified atom stereocenters. The lowest BCUT2D eigenvalue weighted by Crippen LogP contribution is -2.28. The molecule has 0 aromatic heterocycles. The fourth-order valence-electron chi connectivity index (χ4n) is 2.65. The van der Waals surface area contributed by atoms with Crippen molar-refractivity contribution in [3.63, 3.8) is 0 Å². The van der Waals surface area contributed by atoms with Gasteiger partial charge in [-0.3, -0.25) is 0 Å². The molecule has 0 bridgehead atoms. The molecular formula is C16H25NO3S. The van der Waals surface area contributed by atoms with Crippen molar-refractivity contribution in [3.05, 3.63) is 29.3 Å². The van der Waals surface area contributed by atoms with E-state index in [1.165, 1.54) is 6.26 Å². The van der Waals surface area contributed by atoms with Gasteiger partial charge in [0.05, 0.1) is 12.4 Å². The van der Waals surface area contributed by atoms with Crippen LogP contribution in [-0.4, -0.2) is 33.6 Å². The van der Waals surface area contributed by atoms with Crippen molar-refractivity contribution in [2.75, 3.05) is 25.2 Å². The van der Waals surface area contributed by atoms with E-state index in [-0.39, 0.29) is 17.2 Å². The lowest BCUT2D eigenvalue weighted by Gasteiger charge is -2.21. The zero-order valence-electron chi connectivity index (χ0n) is 13.3. The monoisotopic (exact) mass is 311 g/mol. The van der Waals surface area contributed by atoms with Gasteiger partial charge in [0.25, 0.3) is 0 Å². The van der Waals surface area contributed by atoms with E-state index in [9.17, 15) is 8.42 Å². The predicted octanol–water partition coefficient (Wildman–Crippen LogP) is 2.44. The molecule has 0 saturated heterocycles. The lowest BCUT2D eigenvalue weighted by atomic mass is 9.85. The summed E-state index contributed by atoms with van der Waals surface area (Å²) in [6.07, 6.45) is 2.26. The number of ether oxygens (including phenoxy) is 1. The molecular weight excluding hydrogens is 286 g/mol. The molecule has 1 N–H and O–H groups in total. The summed E-state index contributed by atoms with van der Waals surface area (Å²) in [6, 6.07) is 5.86. The van der Waals surface area contributed by atoms with Crippen LogP contribution in [0.2, 0.25) is 0 Å². The van der Waals surface area contributed by atoms with Crippen LogP contribution in [0, 0.1) is 0 Å². The van der Waals surface area contributed by atoms with Crippen molar-refractivity contribution < 1.29 is 13.2 Å². The van der Waals surface area contributed by atoms with E-state index in [0.717, 1.165) is 29.8 Å². The molecule has 1 atom stereocenters. The Kier molecular flexibility index (Phi) is 4.63. The average molecular weight is 311 g/mol. The van der Waals surface area contributed by atoms with Gasteiger partial charge in [-0.05, 0) is 30.7 Å². The first-order chi connectivity index (χ1) is 9.73. The summed E-state index contributed by atoms with van der Waals surface area (Å²) in [5.74, 6) is 1.03. The Morgan fingerprint density at radius 3 is 2.71 bits per heavy atom. The predicted molar refractivity (Wildman–Crippen MR) is 85.7 cm³/mol. The van der Waals surface area contributed by atoms with E-state index in [1.807, 2.05) is 12.1 Å². The number of sulfone groups is 1. The van der Waals surface area contributed by atoms with E-state index < -0.39 is 9.84 Å². The second-order valence-electron chi connectivity index (χ2n) is 6.53. The molecule has 0 aliphatic carbocycles. The minimum absolute atomic E-state index is 0.0221. The van der Waals surface area contributed by atoms with Gasteiger partial charge < -0.3 is 10.1 Å². The average Bonchev–Trinajstić information content (AvgIpc) is 2.69. The van der Waals surface area contributed by atoms with Gasteiger partial charge in [-0.2, -0.15) is 0 Å². The first kappa shape index (κ1) is 16.3. The maximum absolute atomic E-state index is 11.7. The summed E-state index contributed by atoms with van der Waals surface area (Å²) in [7, 11) is -3.04. The molecule has 1 aliphatic heterocycles. The highest BCUT2D eigenvalue weighted by Crippen LogP contribution is 2.39. The zero-order valence-corrected chi connectivity index (χ0v) is 14.1. The number of nitrogens with one attached hydrogen (secondary N) is 1. The van der Waals surface area contributed by atoms with Gasteiger partial charge in [0.1, 0.15) is 15.6 Å². The molecule has 118 valence electrons. The summed E-state index contributed by atoms with van der Waals surface area (Å²) in [5.41, 5.74) is 2.16. The van der Waals surface area contributed by atoms with Crippen molar-refractivity contribution >= 4 is 9.84 Å². The Morgan fingerprint density at radius 2 is 2.10 bits per heavy atom. The van der Waals surface area contributed by atoms with Crippen LogP contribution in [0.1, 0.15) is 44.4 Å². The third-order valence-corrected chi connectivity index (χ3v) is 4.77. The summed E-state index contributed by atoms with van der Waals surface area (Å²) in [6.45, 7) is 7.84. The SMILES string of the molecule is CCCNC(CS(C)(=O)=O)c1ccc2c(c1)C(C)(C)CO2. The molecule has 0 radical (unpaired) electrons. The fourth-order valence-corrected chi connectivity index (χ4v) is 3.57. The molecule has 2 rings (SSSR count). The normalized spacial score (nSPS) is 18.1. The molecule has 0 fully saturated rings. The van der Waals surface area contributed by atoms with Crippen LogP contribution in [0.3, 0.4) is 0 Å². The Labute approximate surface area is 127 Å². The Balaban J connectivity index is 2.32. The summed E-state index contributed by atoms with van der Waals surface area (Å²) < 4.78 is 29.0. The van der Waals surface area contributed by atoms with Gasteiger partial charge in [0, 0.05) is 23.3 Å². The zero-order chi connectivity index (χ0) is 15.7. The van der Waals surface area contributed by atoms with Gasteiger partial charge in [-0.15, -0.1) is 0 Å². The molecule has 1 aromatic rings. The standard InChI is InChI=1S/C16H25NO3S/c1-5-8-17-14(10-21(4,18)19)12-6-7-15-13(9-12)16(2,3)11-20-15/h6-7,9,14,17H,5,8,10-11H2,1-4H3. The van der Waals surface area contributed by atoms with E-state index in [4.69, 9.17) is 4.74 Å². The molecule has 21 heavy (non-hydrogen) atoms. The van der Waals surface area contributed by atoms with Crippen LogP contribution in [-0.2, 0) is 15.3 Å². The quantitative estimate of drug-likeness (QED) is 0.877. The maximum Gasteiger partial charge on any atom is 0.149 e. The van der Waals surface area contributed by atoms with E-state index >= 15 is 0 Å². The van der Waals surface area contributed by atoms with E-state index in [1.54, 1.807) is 0 Å². The minimum Gasteiger partial charge on any atom is -0.492 e. The van der Waals surface area contributed by atoms with Crippen molar-refractivity contribution in [1.29, 1.82) is 0 Å². The van der Waals surface area contributed by atoms with E-state index in [0.29, 0.717) is 6.61 Å².